The highest BCUT2D eigenvalue weighted by molar-refractivity contribution is 7.17. The van der Waals surface area contributed by atoms with E-state index in [4.69, 9.17) is 4.74 Å². The number of hydrogen-bond acceptors (Lipinski definition) is 4. The van der Waals surface area contributed by atoms with Crippen LogP contribution in [0.5, 0.6) is 0 Å². The Morgan fingerprint density at radius 2 is 2.13 bits per heavy atom. The molecule has 0 spiro atoms. The van der Waals surface area contributed by atoms with Crippen LogP contribution in [0.1, 0.15) is 67.8 Å². The van der Waals surface area contributed by atoms with Gasteiger partial charge in [-0.1, -0.05) is 27.2 Å². The molecule has 0 saturated carbocycles. The zero-order valence-corrected chi connectivity index (χ0v) is 15.3. The van der Waals surface area contributed by atoms with Gasteiger partial charge in [-0.05, 0) is 44.1 Å². The minimum atomic E-state index is -0.307. The topological polar surface area (TPSA) is 55.4 Å². The van der Waals surface area contributed by atoms with Crippen LogP contribution in [0.15, 0.2) is 0 Å². The van der Waals surface area contributed by atoms with E-state index in [2.05, 4.69) is 19.2 Å². The van der Waals surface area contributed by atoms with Gasteiger partial charge in [0.25, 0.3) is 0 Å². The Balaban J connectivity index is 2.30. The van der Waals surface area contributed by atoms with Crippen molar-refractivity contribution in [2.24, 2.45) is 11.8 Å². The Hall–Kier alpha value is -1.36. The summed E-state index contributed by atoms with van der Waals surface area (Å²) in [6.45, 7) is 8.38. The third-order valence-corrected chi connectivity index (χ3v) is 5.57. The Morgan fingerprint density at radius 1 is 1.39 bits per heavy atom. The number of fused-ring (bicyclic) bond motifs is 1. The maximum absolute atomic E-state index is 12.4. The molecule has 1 N–H and O–H groups in total. The molecule has 0 aliphatic heterocycles. The van der Waals surface area contributed by atoms with Gasteiger partial charge in [0.15, 0.2) is 0 Å². The van der Waals surface area contributed by atoms with Gasteiger partial charge in [-0.15, -0.1) is 11.3 Å². The highest BCUT2D eigenvalue weighted by Gasteiger charge is 2.29. The molecule has 1 aromatic heterocycles. The molecule has 0 bridgehead atoms. The summed E-state index contributed by atoms with van der Waals surface area (Å²) < 4.78 is 5.23. The Labute approximate surface area is 142 Å². The molecule has 0 fully saturated rings. The summed E-state index contributed by atoms with van der Waals surface area (Å²) in [4.78, 5) is 26.0. The largest absolute Gasteiger partial charge is 0.462 e. The van der Waals surface area contributed by atoms with Crippen LogP contribution in [-0.4, -0.2) is 18.5 Å². The molecule has 1 amide bonds. The minimum Gasteiger partial charge on any atom is -0.462 e. The maximum Gasteiger partial charge on any atom is 0.341 e. The monoisotopic (exact) mass is 337 g/mol. The predicted octanol–water partition coefficient (Wildman–Crippen LogP) is 4.42. The van der Waals surface area contributed by atoms with Crippen LogP contribution in [0.25, 0.3) is 0 Å². The van der Waals surface area contributed by atoms with Crippen molar-refractivity contribution in [3.05, 3.63) is 16.0 Å². The lowest BCUT2D eigenvalue weighted by Crippen LogP contribution is -2.21. The van der Waals surface area contributed by atoms with Crippen LogP contribution in [0, 0.1) is 11.8 Å². The molecule has 1 aromatic rings. The van der Waals surface area contributed by atoms with Gasteiger partial charge in [0.1, 0.15) is 5.00 Å². The first-order chi connectivity index (χ1) is 11.0. The van der Waals surface area contributed by atoms with Crippen LogP contribution in [0.4, 0.5) is 5.00 Å². The van der Waals surface area contributed by atoms with Gasteiger partial charge in [0.2, 0.25) is 5.91 Å². The lowest BCUT2D eigenvalue weighted by Gasteiger charge is -2.18. The summed E-state index contributed by atoms with van der Waals surface area (Å²) in [5.74, 6) is 0.258. The van der Waals surface area contributed by atoms with E-state index in [0.717, 1.165) is 37.7 Å². The van der Waals surface area contributed by atoms with Crippen molar-refractivity contribution in [1.82, 2.24) is 0 Å². The summed E-state index contributed by atoms with van der Waals surface area (Å²) >= 11 is 1.55. The minimum absolute atomic E-state index is 0.0101. The second-order valence-corrected chi connectivity index (χ2v) is 7.56. The molecule has 128 valence electrons. The lowest BCUT2D eigenvalue weighted by molar-refractivity contribution is -0.119. The molecule has 0 radical (unpaired) electrons. The second-order valence-electron chi connectivity index (χ2n) is 6.46. The molecule has 23 heavy (non-hydrogen) atoms. The van der Waals surface area contributed by atoms with Crippen LogP contribution in [0.2, 0.25) is 0 Å². The van der Waals surface area contributed by atoms with Crippen molar-refractivity contribution in [2.75, 3.05) is 11.9 Å². The van der Waals surface area contributed by atoms with Crippen molar-refractivity contribution in [1.29, 1.82) is 0 Å². The third kappa shape index (κ3) is 4.14. The molecule has 4 nitrogen and oxygen atoms in total. The third-order valence-electron chi connectivity index (χ3n) is 4.40. The number of hydrogen-bond donors (Lipinski definition) is 1. The summed E-state index contributed by atoms with van der Waals surface area (Å²) in [6, 6.07) is 0. The summed E-state index contributed by atoms with van der Waals surface area (Å²) in [5, 5.41) is 3.66. The lowest BCUT2D eigenvalue weighted by atomic mass is 9.88. The average molecular weight is 337 g/mol. The van der Waals surface area contributed by atoms with Gasteiger partial charge in [-0.3, -0.25) is 4.79 Å². The van der Waals surface area contributed by atoms with Gasteiger partial charge >= 0.3 is 5.97 Å². The number of nitrogens with one attached hydrogen (secondary N) is 1. The van der Waals surface area contributed by atoms with Crippen molar-refractivity contribution in [3.63, 3.8) is 0 Å². The van der Waals surface area contributed by atoms with Crippen LogP contribution < -0.4 is 5.32 Å². The molecular weight excluding hydrogens is 310 g/mol. The molecule has 5 heteroatoms. The van der Waals surface area contributed by atoms with E-state index in [9.17, 15) is 9.59 Å². The normalized spacial score (nSPS) is 18.2. The highest BCUT2D eigenvalue weighted by Crippen LogP contribution is 2.40. The van der Waals surface area contributed by atoms with Gasteiger partial charge < -0.3 is 10.1 Å². The molecule has 0 saturated heterocycles. The molecule has 1 aliphatic rings. The maximum atomic E-state index is 12.4. The molecule has 1 heterocycles. The summed E-state index contributed by atoms with van der Waals surface area (Å²) in [6.07, 6.45) is 4.77. The first-order valence-electron chi connectivity index (χ1n) is 8.60. The van der Waals surface area contributed by atoms with Crippen molar-refractivity contribution >= 4 is 28.2 Å². The van der Waals surface area contributed by atoms with E-state index in [1.807, 2.05) is 6.92 Å². The van der Waals surface area contributed by atoms with Crippen LogP contribution in [-0.2, 0) is 22.4 Å². The molecule has 0 unspecified atom stereocenters. The number of carbonyl (C=O) groups excluding carboxylic acids is 2. The zero-order chi connectivity index (χ0) is 17.0. The number of rotatable bonds is 6. The SMILES string of the molecule is CCC[C@@H](C)C(=O)Nc1sc2c(c1C(=O)OCC)CC[C@H](C)C2. The van der Waals surface area contributed by atoms with Crippen molar-refractivity contribution < 1.29 is 14.3 Å². The number of esters is 1. The molecule has 0 aromatic carbocycles. The number of anilines is 1. The molecule has 2 rings (SSSR count). The summed E-state index contributed by atoms with van der Waals surface area (Å²) in [7, 11) is 0. The fraction of sp³-hybridized carbons (Fsp3) is 0.667. The second kappa shape index (κ2) is 7.95. The number of ether oxygens (including phenoxy) is 1. The van der Waals surface area contributed by atoms with Gasteiger partial charge in [0, 0.05) is 10.8 Å². The number of thiophene rings is 1. The Bertz CT molecular complexity index is 579. The highest BCUT2D eigenvalue weighted by atomic mass is 32.1. The number of carbonyl (C=O) groups is 2. The zero-order valence-electron chi connectivity index (χ0n) is 14.5. The van der Waals surface area contributed by atoms with E-state index >= 15 is 0 Å². The van der Waals surface area contributed by atoms with E-state index in [1.54, 1.807) is 18.3 Å². The standard InChI is InChI=1S/C18H27NO3S/c1-5-7-12(4)16(20)19-17-15(18(21)22-6-2)13-9-8-11(3)10-14(13)23-17/h11-12H,5-10H2,1-4H3,(H,19,20)/t11-,12+/m0/s1. The van der Waals surface area contributed by atoms with Crippen molar-refractivity contribution in [2.45, 2.75) is 59.8 Å². The number of amides is 1. The summed E-state index contributed by atoms with van der Waals surface area (Å²) in [5.41, 5.74) is 1.68. The van der Waals surface area contributed by atoms with Gasteiger partial charge in [-0.25, -0.2) is 4.79 Å². The fourth-order valence-electron chi connectivity index (χ4n) is 3.06. The first-order valence-corrected chi connectivity index (χ1v) is 9.42. The molecule has 1 aliphatic carbocycles. The fourth-order valence-corrected chi connectivity index (χ4v) is 4.46. The van der Waals surface area contributed by atoms with Gasteiger partial charge in [-0.2, -0.15) is 0 Å². The van der Waals surface area contributed by atoms with E-state index in [-0.39, 0.29) is 17.8 Å². The van der Waals surface area contributed by atoms with E-state index in [0.29, 0.717) is 23.1 Å². The molecule has 2 atom stereocenters. The Morgan fingerprint density at radius 3 is 2.78 bits per heavy atom. The van der Waals surface area contributed by atoms with Crippen molar-refractivity contribution in [3.8, 4) is 0 Å². The van der Waals surface area contributed by atoms with E-state index < -0.39 is 0 Å². The smallest absolute Gasteiger partial charge is 0.341 e. The first kappa shape index (κ1) is 18.0. The van der Waals surface area contributed by atoms with Gasteiger partial charge in [0.05, 0.1) is 12.2 Å². The van der Waals surface area contributed by atoms with E-state index in [1.165, 1.54) is 4.88 Å². The van der Waals surface area contributed by atoms with Crippen LogP contribution in [0.3, 0.4) is 0 Å². The predicted molar refractivity (Wildman–Crippen MR) is 94.2 cm³/mol. The van der Waals surface area contributed by atoms with Crippen LogP contribution >= 0.6 is 11.3 Å². The molecular formula is C18H27NO3S. The Kier molecular flexibility index (Phi) is 6.22. The average Bonchev–Trinajstić information content (AvgIpc) is 2.84. The quantitative estimate of drug-likeness (QED) is 0.782.